The summed E-state index contributed by atoms with van der Waals surface area (Å²) >= 11 is 0. The van der Waals surface area contributed by atoms with Crippen LogP contribution in [0.1, 0.15) is 29.5 Å². The van der Waals surface area contributed by atoms with Crippen LogP contribution in [0.25, 0.3) is 21.8 Å². The van der Waals surface area contributed by atoms with Crippen LogP contribution >= 0.6 is 0 Å². The molecule has 2 N–H and O–H groups in total. The van der Waals surface area contributed by atoms with E-state index in [9.17, 15) is 9.59 Å². The van der Waals surface area contributed by atoms with Crippen molar-refractivity contribution in [2.24, 2.45) is 0 Å². The first-order valence-corrected chi connectivity index (χ1v) is 14.3. The highest BCUT2D eigenvalue weighted by Gasteiger charge is 2.12. The monoisotopic (exact) mass is 563 g/mol. The minimum atomic E-state index is -0.123. The summed E-state index contributed by atoms with van der Waals surface area (Å²) in [5.74, 6) is 1.37. The van der Waals surface area contributed by atoms with Gasteiger partial charge in [-0.05, 0) is 92.0 Å². The maximum absolute atomic E-state index is 13.0. The van der Waals surface area contributed by atoms with Crippen molar-refractivity contribution in [2.45, 2.75) is 32.2 Å². The number of pyridine rings is 1. The first-order chi connectivity index (χ1) is 20.4. The molecule has 0 saturated carbocycles. The second kappa shape index (κ2) is 13.4. The van der Waals surface area contributed by atoms with E-state index in [1.54, 1.807) is 20.3 Å². The number of ether oxygens (including phenoxy) is 2. The summed E-state index contributed by atoms with van der Waals surface area (Å²) in [4.78, 5) is 31.5. The number of benzene rings is 4. The number of aryl methyl sites for hydroxylation is 1. The second-order valence-corrected chi connectivity index (χ2v) is 10.6. The smallest absolute Gasteiger partial charge is 0.228 e. The quantitative estimate of drug-likeness (QED) is 0.137. The van der Waals surface area contributed by atoms with Gasteiger partial charge < -0.3 is 24.7 Å². The Morgan fingerprint density at radius 1 is 0.833 bits per heavy atom. The lowest BCUT2D eigenvalue weighted by Crippen LogP contribution is -2.19. The van der Waals surface area contributed by atoms with Crippen molar-refractivity contribution < 1.29 is 14.3 Å². The van der Waals surface area contributed by atoms with Crippen molar-refractivity contribution >= 4 is 33.4 Å². The topological polar surface area (TPSA) is 83.7 Å². The average Bonchev–Trinajstić information content (AvgIpc) is 3.00. The third-order valence-corrected chi connectivity index (χ3v) is 7.57. The standard InChI is InChI=1S/C35H37N3O4/c1-38(23-25-16-19-31(41-2)32(21-25)42-3)20-7-6-9-24-14-17-27(18-15-24)36-33(39)22-26-10-8-12-29-34(26)37-30-13-5-4-11-28(30)35(29)40/h4-5,8,10-19,21H,6-7,9,20,22-23H2,1-3H3,(H,36,39)(H,37,40). The van der Waals surface area contributed by atoms with Crippen LogP contribution in [0.4, 0.5) is 5.69 Å². The third kappa shape index (κ3) is 6.81. The Balaban J connectivity index is 1.10. The van der Waals surface area contributed by atoms with Gasteiger partial charge in [0.15, 0.2) is 16.9 Å². The number of carbonyl (C=O) groups excluding carboxylic acids is 1. The number of fused-ring (bicyclic) bond motifs is 2. The number of unbranched alkanes of at least 4 members (excludes halogenated alkanes) is 1. The molecule has 5 aromatic rings. The SMILES string of the molecule is COc1ccc(CN(C)CCCCc2ccc(NC(=O)Cc3cccc4c(=O)c5ccccc5[nH]c34)cc2)cc1OC. The van der Waals surface area contributed by atoms with E-state index in [1.807, 2.05) is 60.7 Å². The number of methoxy groups -OCH3 is 2. The lowest BCUT2D eigenvalue weighted by Gasteiger charge is -2.18. The number of para-hydroxylation sites is 2. The van der Waals surface area contributed by atoms with Crippen molar-refractivity contribution in [1.29, 1.82) is 0 Å². The number of aromatic amines is 1. The Labute approximate surface area is 246 Å². The highest BCUT2D eigenvalue weighted by molar-refractivity contribution is 5.98. The number of carbonyl (C=O) groups is 1. The Kier molecular flexibility index (Phi) is 9.19. The van der Waals surface area contributed by atoms with Crippen LogP contribution in [0.3, 0.4) is 0 Å². The van der Waals surface area contributed by atoms with Gasteiger partial charge in [0.1, 0.15) is 0 Å². The number of hydrogen-bond acceptors (Lipinski definition) is 5. The van der Waals surface area contributed by atoms with Crippen molar-refractivity contribution in [3.8, 4) is 11.5 Å². The molecule has 0 aliphatic carbocycles. The molecule has 1 heterocycles. The summed E-state index contributed by atoms with van der Waals surface area (Å²) < 4.78 is 10.7. The summed E-state index contributed by atoms with van der Waals surface area (Å²) in [6.07, 6.45) is 3.32. The molecule has 0 aliphatic heterocycles. The highest BCUT2D eigenvalue weighted by Crippen LogP contribution is 2.28. The van der Waals surface area contributed by atoms with Gasteiger partial charge in [-0.1, -0.05) is 42.5 Å². The molecule has 0 unspecified atom stereocenters. The number of anilines is 1. The number of rotatable bonds is 12. The van der Waals surface area contributed by atoms with Crippen LogP contribution in [0.2, 0.25) is 0 Å². The van der Waals surface area contributed by atoms with Gasteiger partial charge in [0.2, 0.25) is 5.91 Å². The molecule has 0 bridgehead atoms. The molecule has 0 saturated heterocycles. The van der Waals surface area contributed by atoms with E-state index < -0.39 is 0 Å². The van der Waals surface area contributed by atoms with Crippen molar-refractivity contribution in [1.82, 2.24) is 9.88 Å². The molecule has 0 aliphatic rings. The molecule has 216 valence electrons. The molecule has 0 fully saturated rings. The zero-order chi connectivity index (χ0) is 29.5. The van der Waals surface area contributed by atoms with Gasteiger partial charge in [-0.15, -0.1) is 0 Å². The minimum absolute atomic E-state index is 0.0262. The highest BCUT2D eigenvalue weighted by atomic mass is 16.5. The molecule has 0 atom stereocenters. The molecule has 7 nitrogen and oxygen atoms in total. The zero-order valence-corrected chi connectivity index (χ0v) is 24.4. The largest absolute Gasteiger partial charge is 0.493 e. The molecule has 42 heavy (non-hydrogen) atoms. The second-order valence-electron chi connectivity index (χ2n) is 10.6. The van der Waals surface area contributed by atoms with Crippen LogP contribution in [0.5, 0.6) is 11.5 Å². The third-order valence-electron chi connectivity index (χ3n) is 7.57. The molecule has 5 rings (SSSR count). The van der Waals surface area contributed by atoms with E-state index in [-0.39, 0.29) is 17.8 Å². The Morgan fingerprint density at radius 3 is 2.36 bits per heavy atom. The van der Waals surface area contributed by atoms with E-state index in [1.165, 1.54) is 11.1 Å². The summed E-state index contributed by atoms with van der Waals surface area (Å²) in [6.45, 7) is 1.85. The summed E-state index contributed by atoms with van der Waals surface area (Å²) in [6, 6.07) is 27.1. The normalized spacial score (nSPS) is 11.2. The molecule has 1 amide bonds. The van der Waals surface area contributed by atoms with Crippen molar-refractivity contribution in [3.63, 3.8) is 0 Å². The predicted octanol–water partition coefficient (Wildman–Crippen LogP) is 6.33. The summed E-state index contributed by atoms with van der Waals surface area (Å²) in [7, 11) is 5.43. The first-order valence-electron chi connectivity index (χ1n) is 14.3. The molecule has 4 aromatic carbocycles. The Hall–Kier alpha value is -4.62. The predicted molar refractivity (Wildman–Crippen MR) is 170 cm³/mol. The van der Waals surface area contributed by atoms with E-state index in [4.69, 9.17) is 9.47 Å². The fourth-order valence-corrected chi connectivity index (χ4v) is 5.37. The minimum Gasteiger partial charge on any atom is -0.493 e. The van der Waals surface area contributed by atoms with Crippen LogP contribution < -0.4 is 20.2 Å². The van der Waals surface area contributed by atoms with Crippen LogP contribution in [0.15, 0.2) is 89.7 Å². The van der Waals surface area contributed by atoms with Gasteiger partial charge >= 0.3 is 0 Å². The van der Waals surface area contributed by atoms with Gasteiger partial charge in [-0.3, -0.25) is 9.59 Å². The fourth-order valence-electron chi connectivity index (χ4n) is 5.37. The summed E-state index contributed by atoms with van der Waals surface area (Å²) in [5.41, 5.74) is 5.44. The lowest BCUT2D eigenvalue weighted by molar-refractivity contribution is -0.115. The Bertz CT molecular complexity index is 1740. The van der Waals surface area contributed by atoms with Crippen molar-refractivity contribution in [2.75, 3.05) is 33.1 Å². The van der Waals surface area contributed by atoms with E-state index in [0.717, 1.165) is 60.6 Å². The van der Waals surface area contributed by atoms with Gasteiger partial charge in [0.25, 0.3) is 0 Å². The summed E-state index contributed by atoms with van der Waals surface area (Å²) in [5, 5.41) is 4.24. The average molecular weight is 564 g/mol. The Morgan fingerprint density at radius 2 is 1.57 bits per heavy atom. The molecule has 0 spiro atoms. The number of amides is 1. The maximum Gasteiger partial charge on any atom is 0.228 e. The molecule has 7 heteroatoms. The fraction of sp³-hybridized carbons (Fsp3) is 0.257. The lowest BCUT2D eigenvalue weighted by atomic mass is 10.0. The van der Waals surface area contributed by atoms with Crippen LogP contribution in [-0.4, -0.2) is 43.6 Å². The van der Waals surface area contributed by atoms with E-state index in [0.29, 0.717) is 16.3 Å². The van der Waals surface area contributed by atoms with E-state index in [2.05, 4.69) is 40.4 Å². The van der Waals surface area contributed by atoms with Gasteiger partial charge in [0.05, 0.1) is 26.2 Å². The number of H-pyrrole nitrogens is 1. The number of nitrogens with zero attached hydrogens (tertiary/aromatic N) is 1. The first kappa shape index (κ1) is 28.9. The number of hydrogen-bond donors (Lipinski definition) is 2. The van der Waals surface area contributed by atoms with Gasteiger partial charge in [-0.25, -0.2) is 0 Å². The van der Waals surface area contributed by atoms with E-state index >= 15 is 0 Å². The van der Waals surface area contributed by atoms with Crippen molar-refractivity contribution in [3.05, 3.63) is 112 Å². The van der Waals surface area contributed by atoms with Crippen LogP contribution in [0, 0.1) is 0 Å². The molecule has 1 aromatic heterocycles. The van der Waals surface area contributed by atoms with Crippen LogP contribution in [-0.2, 0) is 24.2 Å². The maximum atomic E-state index is 13.0. The van der Waals surface area contributed by atoms with Gasteiger partial charge in [0, 0.05) is 28.5 Å². The number of aromatic nitrogens is 1. The molecular formula is C35H37N3O4. The number of nitrogens with one attached hydrogen (secondary N) is 2. The molecule has 0 radical (unpaired) electrons. The van der Waals surface area contributed by atoms with Gasteiger partial charge in [-0.2, -0.15) is 0 Å². The zero-order valence-electron chi connectivity index (χ0n) is 24.4. The molecular weight excluding hydrogens is 526 g/mol.